The van der Waals surface area contributed by atoms with E-state index in [1.54, 1.807) is 7.11 Å². The number of hydrogen-bond donors (Lipinski definition) is 1. The van der Waals surface area contributed by atoms with E-state index in [1.165, 1.54) is 0 Å². The first-order valence-corrected chi connectivity index (χ1v) is 9.46. The molecule has 1 aromatic carbocycles. The average Bonchev–Trinajstić information content (AvgIpc) is 2.64. The van der Waals surface area contributed by atoms with Crippen molar-refractivity contribution in [3.63, 3.8) is 0 Å². The Kier molecular flexibility index (Phi) is 9.84. The normalized spacial score (nSPS) is 15.0. The van der Waals surface area contributed by atoms with Crippen molar-refractivity contribution in [3.05, 3.63) is 24.3 Å². The first-order valence-electron chi connectivity index (χ1n) is 9.46. The molecule has 0 aromatic heterocycles. The Hall–Kier alpha value is -1.71. The first-order chi connectivity index (χ1) is 12.8. The molecule has 0 atom stereocenters. The Morgan fingerprint density at radius 1 is 1.21 bits per heavy atom. The van der Waals surface area contributed by atoms with Gasteiger partial charge < -0.3 is 24.6 Å². The number of piperazine rings is 1. The zero-order valence-corrected chi connectivity index (χ0v) is 19.9. The fourth-order valence-corrected chi connectivity index (χ4v) is 2.92. The molecule has 1 fully saturated rings. The summed E-state index contributed by atoms with van der Waals surface area (Å²) < 4.78 is 10.7. The molecular formula is C20H33IN4O3. The van der Waals surface area contributed by atoms with Gasteiger partial charge in [-0.25, -0.2) is 4.99 Å². The van der Waals surface area contributed by atoms with Crippen molar-refractivity contribution in [2.45, 2.75) is 33.3 Å². The van der Waals surface area contributed by atoms with E-state index in [2.05, 4.69) is 32.2 Å². The molecule has 0 saturated carbocycles. The lowest BCUT2D eigenvalue weighted by molar-refractivity contribution is -0.152. The maximum absolute atomic E-state index is 12.0. The number of nitrogens with zero attached hydrogens (tertiary/aromatic N) is 3. The molecule has 7 nitrogen and oxygen atoms in total. The number of methoxy groups -OCH3 is 1. The molecular weight excluding hydrogens is 471 g/mol. The fourth-order valence-electron chi connectivity index (χ4n) is 2.92. The predicted octanol–water partition coefficient (Wildman–Crippen LogP) is 2.74. The quantitative estimate of drug-likeness (QED) is 0.288. The molecule has 158 valence electrons. The number of ether oxygens (including phenoxy) is 2. The molecule has 0 radical (unpaired) electrons. The van der Waals surface area contributed by atoms with Crippen LogP contribution in [0.1, 0.15) is 27.7 Å². The second kappa shape index (κ2) is 11.3. The first kappa shape index (κ1) is 24.3. The van der Waals surface area contributed by atoms with E-state index < -0.39 is 5.60 Å². The Balaban J connectivity index is 0.00000392. The van der Waals surface area contributed by atoms with Gasteiger partial charge in [-0.3, -0.25) is 4.79 Å². The molecule has 28 heavy (non-hydrogen) atoms. The predicted molar refractivity (Wildman–Crippen MR) is 124 cm³/mol. The molecule has 1 saturated heterocycles. The maximum atomic E-state index is 12.0. The van der Waals surface area contributed by atoms with Crippen LogP contribution in [0.4, 0.5) is 5.69 Å². The van der Waals surface area contributed by atoms with Crippen molar-refractivity contribution in [1.29, 1.82) is 0 Å². The Morgan fingerprint density at radius 2 is 1.89 bits per heavy atom. The summed E-state index contributed by atoms with van der Waals surface area (Å²) in [7, 11) is 1.68. The van der Waals surface area contributed by atoms with Gasteiger partial charge in [-0.1, -0.05) is 6.07 Å². The van der Waals surface area contributed by atoms with Crippen molar-refractivity contribution >= 4 is 41.6 Å². The Morgan fingerprint density at radius 3 is 2.46 bits per heavy atom. The van der Waals surface area contributed by atoms with Crippen LogP contribution >= 0.6 is 24.0 Å². The number of aliphatic imine (C=N–C) groups is 1. The number of nitrogens with one attached hydrogen (secondary N) is 1. The summed E-state index contributed by atoms with van der Waals surface area (Å²) in [6, 6.07) is 8.11. The molecule has 1 aliphatic heterocycles. The smallest absolute Gasteiger partial charge is 0.328 e. The van der Waals surface area contributed by atoms with Gasteiger partial charge in [-0.05, 0) is 39.8 Å². The highest BCUT2D eigenvalue weighted by Gasteiger charge is 2.21. The number of esters is 1. The van der Waals surface area contributed by atoms with Gasteiger partial charge in [0.25, 0.3) is 0 Å². The van der Waals surface area contributed by atoms with Gasteiger partial charge in [-0.15, -0.1) is 24.0 Å². The van der Waals surface area contributed by atoms with E-state index in [9.17, 15) is 4.79 Å². The number of halogens is 1. The van der Waals surface area contributed by atoms with Crippen LogP contribution in [0.3, 0.4) is 0 Å². The number of hydrogen-bond acceptors (Lipinski definition) is 5. The topological polar surface area (TPSA) is 66.4 Å². The fraction of sp³-hybridized carbons (Fsp3) is 0.600. The van der Waals surface area contributed by atoms with Crippen LogP contribution in [0.2, 0.25) is 0 Å². The van der Waals surface area contributed by atoms with Crippen LogP contribution in [-0.4, -0.2) is 68.8 Å². The SMILES string of the molecule is CCNC(=NCC(=O)OC(C)(C)C)N1CCN(c2cccc(OC)c2)CC1.I. The van der Waals surface area contributed by atoms with E-state index in [1.807, 2.05) is 39.8 Å². The Labute approximate surface area is 185 Å². The standard InChI is InChI=1S/C20H32N4O3.HI/c1-6-21-19(22-15-18(25)27-20(2,3)4)24-12-10-23(11-13-24)16-8-7-9-17(14-16)26-5;/h7-9,14H,6,10-13,15H2,1-5H3,(H,21,22);1H. The summed E-state index contributed by atoms with van der Waals surface area (Å²) in [4.78, 5) is 20.9. The number of rotatable bonds is 5. The number of guanidine groups is 1. The molecule has 0 amide bonds. The molecule has 2 rings (SSSR count). The van der Waals surface area contributed by atoms with E-state index in [0.717, 1.165) is 50.1 Å². The molecule has 0 spiro atoms. The van der Waals surface area contributed by atoms with Gasteiger partial charge in [0, 0.05) is 44.5 Å². The third-order valence-corrected chi connectivity index (χ3v) is 4.11. The summed E-state index contributed by atoms with van der Waals surface area (Å²) in [6.45, 7) is 11.8. The summed E-state index contributed by atoms with van der Waals surface area (Å²) in [6.07, 6.45) is 0. The third kappa shape index (κ3) is 7.73. The minimum absolute atomic E-state index is 0. The molecule has 0 aliphatic carbocycles. The van der Waals surface area contributed by atoms with Gasteiger partial charge in [0.15, 0.2) is 5.96 Å². The molecule has 0 unspecified atom stereocenters. The van der Waals surface area contributed by atoms with Crippen LogP contribution in [-0.2, 0) is 9.53 Å². The average molecular weight is 504 g/mol. The van der Waals surface area contributed by atoms with Crippen LogP contribution in [0, 0.1) is 0 Å². The summed E-state index contributed by atoms with van der Waals surface area (Å²) in [5.74, 6) is 1.31. The summed E-state index contributed by atoms with van der Waals surface area (Å²) >= 11 is 0. The van der Waals surface area contributed by atoms with Crippen LogP contribution in [0.5, 0.6) is 5.75 Å². The van der Waals surface area contributed by atoms with Crippen LogP contribution in [0.15, 0.2) is 29.3 Å². The van der Waals surface area contributed by atoms with E-state index in [4.69, 9.17) is 9.47 Å². The second-order valence-electron chi connectivity index (χ2n) is 7.43. The molecule has 1 aromatic rings. The summed E-state index contributed by atoms with van der Waals surface area (Å²) in [5.41, 5.74) is 0.664. The number of carbonyl (C=O) groups excluding carboxylic acids is 1. The van der Waals surface area contributed by atoms with Crippen molar-refractivity contribution in [1.82, 2.24) is 10.2 Å². The molecule has 1 heterocycles. The molecule has 8 heteroatoms. The lowest BCUT2D eigenvalue weighted by Crippen LogP contribution is -2.52. The van der Waals surface area contributed by atoms with Gasteiger partial charge >= 0.3 is 5.97 Å². The summed E-state index contributed by atoms with van der Waals surface area (Å²) in [5, 5.41) is 3.27. The van der Waals surface area contributed by atoms with Gasteiger partial charge in [0.05, 0.1) is 7.11 Å². The number of anilines is 1. The van der Waals surface area contributed by atoms with Crippen LogP contribution in [0.25, 0.3) is 0 Å². The zero-order valence-electron chi connectivity index (χ0n) is 17.5. The monoisotopic (exact) mass is 504 g/mol. The lowest BCUT2D eigenvalue weighted by Gasteiger charge is -2.37. The third-order valence-electron chi connectivity index (χ3n) is 4.11. The van der Waals surface area contributed by atoms with Crippen molar-refractivity contribution in [3.8, 4) is 5.75 Å². The van der Waals surface area contributed by atoms with Crippen molar-refractivity contribution < 1.29 is 14.3 Å². The number of benzene rings is 1. The highest BCUT2D eigenvalue weighted by Crippen LogP contribution is 2.22. The highest BCUT2D eigenvalue weighted by molar-refractivity contribution is 14.0. The van der Waals surface area contributed by atoms with Gasteiger partial charge in [-0.2, -0.15) is 0 Å². The minimum atomic E-state index is -0.493. The largest absolute Gasteiger partial charge is 0.497 e. The molecule has 0 bridgehead atoms. The minimum Gasteiger partial charge on any atom is -0.497 e. The van der Waals surface area contributed by atoms with E-state index >= 15 is 0 Å². The maximum Gasteiger partial charge on any atom is 0.328 e. The van der Waals surface area contributed by atoms with E-state index in [-0.39, 0.29) is 36.5 Å². The molecule has 1 N–H and O–H groups in total. The van der Waals surface area contributed by atoms with Crippen molar-refractivity contribution in [2.75, 3.05) is 51.3 Å². The molecule has 1 aliphatic rings. The lowest BCUT2D eigenvalue weighted by atomic mass is 10.2. The van der Waals surface area contributed by atoms with E-state index in [0.29, 0.717) is 0 Å². The second-order valence-corrected chi connectivity index (χ2v) is 7.43. The Bertz CT molecular complexity index is 653. The zero-order chi connectivity index (χ0) is 19.9. The van der Waals surface area contributed by atoms with Gasteiger partial charge in [0.2, 0.25) is 0 Å². The van der Waals surface area contributed by atoms with Gasteiger partial charge in [0.1, 0.15) is 17.9 Å². The number of carbonyl (C=O) groups is 1. The highest BCUT2D eigenvalue weighted by atomic mass is 127. The van der Waals surface area contributed by atoms with Crippen LogP contribution < -0.4 is 15.0 Å². The van der Waals surface area contributed by atoms with Crippen molar-refractivity contribution in [2.24, 2.45) is 4.99 Å².